The Morgan fingerprint density at radius 2 is 1.67 bits per heavy atom. The molecule has 0 aliphatic rings. The predicted molar refractivity (Wildman–Crippen MR) is 82.7 cm³/mol. The predicted octanol–water partition coefficient (Wildman–Crippen LogP) is 5.08. The maximum absolute atomic E-state index is 5.70. The van der Waals surface area contributed by atoms with E-state index in [1.807, 2.05) is 0 Å². The molecule has 0 amide bonds. The highest BCUT2D eigenvalue weighted by Crippen LogP contribution is 2.14. The molecule has 0 bridgehead atoms. The number of hydrogen-bond donors (Lipinski definition) is 0. The molecule has 0 atom stereocenters. The van der Waals surface area contributed by atoms with Gasteiger partial charge in [-0.3, -0.25) is 0 Å². The monoisotopic (exact) mass is 266 g/mol. The third-order valence-corrected chi connectivity index (χ3v) is 3.97. The summed E-state index contributed by atoms with van der Waals surface area (Å²) in [5.41, 5.74) is 1.28. The van der Waals surface area contributed by atoms with Crippen molar-refractivity contribution >= 4 is 11.8 Å². The lowest BCUT2D eigenvalue weighted by molar-refractivity contribution is 0.305. The molecule has 0 aromatic heterocycles. The maximum atomic E-state index is 5.70. The first kappa shape index (κ1) is 15.4. The molecule has 0 unspecified atom stereocenters. The SMILES string of the molecule is Cc1ccc(OCCCCCCSC(C)C)cc1. The van der Waals surface area contributed by atoms with Crippen molar-refractivity contribution < 1.29 is 4.74 Å². The van der Waals surface area contributed by atoms with Crippen molar-refractivity contribution in [3.63, 3.8) is 0 Å². The molecule has 1 aromatic rings. The Balaban J connectivity index is 1.94. The summed E-state index contributed by atoms with van der Waals surface area (Å²) in [4.78, 5) is 0. The van der Waals surface area contributed by atoms with Crippen molar-refractivity contribution in [3.8, 4) is 5.75 Å². The van der Waals surface area contributed by atoms with Gasteiger partial charge < -0.3 is 4.74 Å². The van der Waals surface area contributed by atoms with Gasteiger partial charge in [0.1, 0.15) is 5.75 Å². The van der Waals surface area contributed by atoms with Crippen molar-refractivity contribution in [1.29, 1.82) is 0 Å². The maximum Gasteiger partial charge on any atom is 0.119 e. The van der Waals surface area contributed by atoms with Crippen LogP contribution >= 0.6 is 11.8 Å². The zero-order valence-electron chi connectivity index (χ0n) is 11.9. The number of aryl methyl sites for hydroxylation is 1. The van der Waals surface area contributed by atoms with Crippen LogP contribution < -0.4 is 4.74 Å². The molecule has 1 aromatic carbocycles. The van der Waals surface area contributed by atoms with E-state index < -0.39 is 0 Å². The average molecular weight is 266 g/mol. The summed E-state index contributed by atoms with van der Waals surface area (Å²) in [7, 11) is 0. The molecule has 18 heavy (non-hydrogen) atoms. The molecule has 0 aliphatic heterocycles. The molecule has 0 saturated heterocycles. The third kappa shape index (κ3) is 7.65. The molecule has 0 spiro atoms. The van der Waals surface area contributed by atoms with Gasteiger partial charge in [-0.15, -0.1) is 0 Å². The molecule has 0 aliphatic carbocycles. The highest BCUT2D eigenvalue weighted by Gasteiger charge is 1.96. The lowest BCUT2D eigenvalue weighted by atomic mass is 10.2. The Morgan fingerprint density at radius 1 is 1.00 bits per heavy atom. The van der Waals surface area contributed by atoms with Crippen LogP contribution in [0.1, 0.15) is 45.1 Å². The van der Waals surface area contributed by atoms with Gasteiger partial charge in [-0.2, -0.15) is 11.8 Å². The normalized spacial score (nSPS) is 10.9. The number of rotatable bonds is 9. The zero-order chi connectivity index (χ0) is 13.2. The molecule has 1 rings (SSSR count). The first-order valence-electron chi connectivity index (χ1n) is 6.99. The van der Waals surface area contributed by atoms with Crippen molar-refractivity contribution in [3.05, 3.63) is 29.8 Å². The lowest BCUT2D eigenvalue weighted by Gasteiger charge is -2.07. The largest absolute Gasteiger partial charge is 0.494 e. The van der Waals surface area contributed by atoms with Gasteiger partial charge in [-0.1, -0.05) is 44.4 Å². The minimum atomic E-state index is 0.773. The molecule has 0 fully saturated rings. The minimum Gasteiger partial charge on any atom is -0.494 e. The highest BCUT2D eigenvalue weighted by molar-refractivity contribution is 7.99. The van der Waals surface area contributed by atoms with Crippen LogP contribution in [0.2, 0.25) is 0 Å². The van der Waals surface area contributed by atoms with Gasteiger partial charge in [-0.05, 0) is 42.9 Å². The van der Waals surface area contributed by atoms with E-state index in [4.69, 9.17) is 4.74 Å². The van der Waals surface area contributed by atoms with Gasteiger partial charge in [0, 0.05) is 0 Å². The topological polar surface area (TPSA) is 9.23 Å². The van der Waals surface area contributed by atoms with Crippen LogP contribution in [0.4, 0.5) is 0 Å². The second-order valence-corrected chi connectivity index (χ2v) is 6.68. The molecule has 0 saturated carbocycles. The number of unbranched alkanes of at least 4 members (excludes halogenated alkanes) is 3. The number of benzene rings is 1. The van der Waals surface area contributed by atoms with Crippen LogP contribution in [-0.2, 0) is 0 Å². The van der Waals surface area contributed by atoms with E-state index in [-0.39, 0.29) is 0 Å². The summed E-state index contributed by atoms with van der Waals surface area (Å²) >= 11 is 2.06. The Kier molecular flexibility index (Phi) is 7.99. The summed E-state index contributed by atoms with van der Waals surface area (Å²) in [6, 6.07) is 8.29. The molecule has 1 nitrogen and oxygen atoms in total. The smallest absolute Gasteiger partial charge is 0.119 e. The Labute approximate surface area is 116 Å². The summed E-state index contributed by atoms with van der Waals surface area (Å²) in [6.45, 7) is 7.47. The van der Waals surface area contributed by atoms with Gasteiger partial charge in [0.15, 0.2) is 0 Å². The average Bonchev–Trinajstić information content (AvgIpc) is 2.34. The van der Waals surface area contributed by atoms with E-state index in [0.29, 0.717) is 0 Å². The van der Waals surface area contributed by atoms with Crippen molar-refractivity contribution in [2.75, 3.05) is 12.4 Å². The standard InChI is InChI=1S/C16H26OS/c1-14(2)18-13-7-5-4-6-12-17-16-10-8-15(3)9-11-16/h8-11,14H,4-7,12-13H2,1-3H3. The van der Waals surface area contributed by atoms with E-state index in [9.17, 15) is 0 Å². The summed E-state index contributed by atoms with van der Waals surface area (Å²) in [5.74, 6) is 2.30. The van der Waals surface area contributed by atoms with E-state index in [2.05, 4.69) is 56.8 Å². The lowest BCUT2D eigenvalue weighted by Crippen LogP contribution is -1.97. The molecule has 2 heteroatoms. The Hall–Kier alpha value is -0.630. The van der Waals surface area contributed by atoms with Gasteiger partial charge in [0.2, 0.25) is 0 Å². The van der Waals surface area contributed by atoms with Crippen LogP contribution in [0.15, 0.2) is 24.3 Å². The molecule has 102 valence electrons. The third-order valence-electron chi connectivity index (χ3n) is 2.78. The van der Waals surface area contributed by atoms with Gasteiger partial charge in [0.25, 0.3) is 0 Å². The fourth-order valence-corrected chi connectivity index (χ4v) is 2.54. The quantitative estimate of drug-likeness (QED) is 0.577. The molecule has 0 radical (unpaired) electrons. The van der Waals surface area contributed by atoms with Gasteiger partial charge >= 0.3 is 0 Å². The van der Waals surface area contributed by atoms with Crippen LogP contribution in [0.25, 0.3) is 0 Å². The van der Waals surface area contributed by atoms with E-state index in [0.717, 1.165) is 17.6 Å². The van der Waals surface area contributed by atoms with E-state index in [1.54, 1.807) is 0 Å². The summed E-state index contributed by atoms with van der Waals surface area (Å²) in [6.07, 6.45) is 5.12. The van der Waals surface area contributed by atoms with E-state index >= 15 is 0 Å². The van der Waals surface area contributed by atoms with Gasteiger partial charge in [0.05, 0.1) is 6.61 Å². The van der Waals surface area contributed by atoms with Crippen molar-refractivity contribution in [2.45, 2.75) is 51.7 Å². The highest BCUT2D eigenvalue weighted by atomic mass is 32.2. The fraction of sp³-hybridized carbons (Fsp3) is 0.625. The number of thioether (sulfide) groups is 1. The Morgan fingerprint density at radius 3 is 2.33 bits per heavy atom. The number of ether oxygens (including phenoxy) is 1. The van der Waals surface area contributed by atoms with Crippen molar-refractivity contribution in [2.24, 2.45) is 0 Å². The summed E-state index contributed by atoms with van der Waals surface area (Å²) < 4.78 is 5.70. The minimum absolute atomic E-state index is 0.773. The Bertz CT molecular complexity index is 305. The zero-order valence-corrected chi connectivity index (χ0v) is 12.8. The molecule has 0 heterocycles. The fourth-order valence-electron chi connectivity index (χ4n) is 1.70. The van der Waals surface area contributed by atoms with E-state index in [1.165, 1.54) is 37.0 Å². The molecular weight excluding hydrogens is 240 g/mol. The van der Waals surface area contributed by atoms with Crippen molar-refractivity contribution in [1.82, 2.24) is 0 Å². The van der Waals surface area contributed by atoms with Crippen LogP contribution in [0.5, 0.6) is 5.75 Å². The number of hydrogen-bond acceptors (Lipinski definition) is 2. The van der Waals surface area contributed by atoms with Crippen LogP contribution in [0, 0.1) is 6.92 Å². The van der Waals surface area contributed by atoms with Crippen LogP contribution in [-0.4, -0.2) is 17.6 Å². The first-order valence-corrected chi connectivity index (χ1v) is 8.04. The first-order chi connectivity index (χ1) is 8.68. The summed E-state index contributed by atoms with van der Waals surface area (Å²) in [5, 5.41) is 0.773. The molecular formula is C16H26OS. The van der Waals surface area contributed by atoms with Gasteiger partial charge in [-0.25, -0.2) is 0 Å². The molecule has 0 N–H and O–H groups in total. The second-order valence-electron chi connectivity index (χ2n) is 5.00. The van der Waals surface area contributed by atoms with Crippen LogP contribution in [0.3, 0.4) is 0 Å². The second kappa shape index (κ2) is 9.32.